The number of carboxylic acid groups (broad SMARTS) is 1. The number of aliphatic carboxylic acids is 1. The second-order valence-corrected chi connectivity index (χ2v) is 3.75. The number of hydrogen-bond donors (Lipinski definition) is 1. The average Bonchev–Trinajstić information content (AvgIpc) is 2.55. The Balaban J connectivity index is 0.00000169. The van der Waals surface area contributed by atoms with Crippen LogP contribution in [0.25, 0.3) is 0 Å². The predicted octanol–water partition coefficient (Wildman–Crippen LogP) is 2.15. The summed E-state index contributed by atoms with van der Waals surface area (Å²) in [5.41, 5.74) is 0. The fourth-order valence-corrected chi connectivity index (χ4v) is 1.79. The number of carbonyl (C=O) groups is 1. The molecule has 0 aromatic carbocycles. The number of likely N-dealkylation sites (tertiary alicyclic amines) is 1. The zero-order valence-electron chi connectivity index (χ0n) is 8.57. The van der Waals surface area contributed by atoms with Gasteiger partial charge in [-0.05, 0) is 45.3 Å². The quantitative estimate of drug-likeness (QED) is 0.699. The number of rotatable bonds is 6. The van der Waals surface area contributed by atoms with E-state index in [1.54, 1.807) is 0 Å². The van der Waals surface area contributed by atoms with Gasteiger partial charge in [-0.15, -0.1) is 12.4 Å². The second kappa shape index (κ2) is 8.06. The highest BCUT2D eigenvalue weighted by Crippen LogP contribution is 2.09. The lowest BCUT2D eigenvalue weighted by atomic mass is 10.2. The van der Waals surface area contributed by atoms with Crippen LogP contribution in [0.4, 0.5) is 0 Å². The fraction of sp³-hybridized carbons (Fsp3) is 0.900. The number of carboxylic acids is 1. The lowest BCUT2D eigenvalue weighted by molar-refractivity contribution is -0.137. The minimum absolute atomic E-state index is 0. The van der Waals surface area contributed by atoms with Crippen molar-refractivity contribution in [2.75, 3.05) is 19.6 Å². The van der Waals surface area contributed by atoms with E-state index in [1.165, 1.54) is 32.5 Å². The topological polar surface area (TPSA) is 40.5 Å². The van der Waals surface area contributed by atoms with Crippen molar-refractivity contribution in [2.24, 2.45) is 0 Å². The van der Waals surface area contributed by atoms with Gasteiger partial charge in [-0.25, -0.2) is 0 Å². The van der Waals surface area contributed by atoms with E-state index >= 15 is 0 Å². The predicted molar refractivity (Wildman–Crippen MR) is 59.0 cm³/mol. The summed E-state index contributed by atoms with van der Waals surface area (Å²) >= 11 is 0. The van der Waals surface area contributed by atoms with Gasteiger partial charge in [-0.1, -0.05) is 6.42 Å². The molecular formula is C10H20ClNO2. The zero-order valence-corrected chi connectivity index (χ0v) is 9.39. The van der Waals surface area contributed by atoms with Crippen molar-refractivity contribution in [1.29, 1.82) is 0 Å². The van der Waals surface area contributed by atoms with Crippen molar-refractivity contribution in [2.45, 2.75) is 38.5 Å². The standard InChI is InChI=1S/C10H19NO2.ClH/c12-10(13)6-2-1-3-7-11-8-4-5-9-11;/h1-9H2,(H,12,13);1H. The number of hydrogen-bond acceptors (Lipinski definition) is 2. The van der Waals surface area contributed by atoms with Crippen LogP contribution in [0.3, 0.4) is 0 Å². The highest BCUT2D eigenvalue weighted by atomic mass is 35.5. The van der Waals surface area contributed by atoms with Crippen LogP contribution in [0.15, 0.2) is 0 Å². The third kappa shape index (κ3) is 6.22. The Hall–Kier alpha value is -0.280. The summed E-state index contributed by atoms with van der Waals surface area (Å²) in [6.45, 7) is 3.66. The van der Waals surface area contributed by atoms with Crippen molar-refractivity contribution >= 4 is 18.4 Å². The summed E-state index contributed by atoms with van der Waals surface area (Å²) in [5, 5.41) is 8.41. The molecule has 0 atom stereocenters. The van der Waals surface area contributed by atoms with Crippen LogP contribution in [0, 0.1) is 0 Å². The van der Waals surface area contributed by atoms with Crippen molar-refractivity contribution in [1.82, 2.24) is 4.90 Å². The molecule has 1 rings (SSSR count). The molecular weight excluding hydrogens is 202 g/mol. The SMILES string of the molecule is Cl.O=C(O)CCCCCN1CCCC1. The Kier molecular flexibility index (Phi) is 7.90. The third-order valence-electron chi connectivity index (χ3n) is 2.56. The molecule has 1 aliphatic heterocycles. The van der Waals surface area contributed by atoms with Gasteiger partial charge in [-0.3, -0.25) is 4.79 Å². The van der Waals surface area contributed by atoms with Crippen LogP contribution >= 0.6 is 12.4 Å². The van der Waals surface area contributed by atoms with Crippen molar-refractivity contribution in [3.05, 3.63) is 0 Å². The number of unbranched alkanes of at least 4 members (excludes halogenated alkanes) is 2. The maximum atomic E-state index is 10.2. The van der Waals surface area contributed by atoms with Crippen LogP contribution in [-0.4, -0.2) is 35.6 Å². The minimum Gasteiger partial charge on any atom is -0.481 e. The highest BCUT2D eigenvalue weighted by molar-refractivity contribution is 5.85. The third-order valence-corrected chi connectivity index (χ3v) is 2.56. The first kappa shape index (κ1) is 13.7. The van der Waals surface area contributed by atoms with E-state index in [0.29, 0.717) is 6.42 Å². The van der Waals surface area contributed by atoms with E-state index in [0.717, 1.165) is 19.3 Å². The van der Waals surface area contributed by atoms with Crippen molar-refractivity contribution < 1.29 is 9.90 Å². The Morgan fingerprint density at radius 2 is 1.79 bits per heavy atom. The molecule has 0 spiro atoms. The highest BCUT2D eigenvalue weighted by Gasteiger charge is 2.09. The number of halogens is 1. The smallest absolute Gasteiger partial charge is 0.303 e. The van der Waals surface area contributed by atoms with Gasteiger partial charge >= 0.3 is 5.97 Å². The van der Waals surface area contributed by atoms with Gasteiger partial charge in [-0.2, -0.15) is 0 Å². The molecule has 0 radical (unpaired) electrons. The fourth-order valence-electron chi connectivity index (χ4n) is 1.79. The Bertz CT molecular complexity index is 158. The number of nitrogens with zero attached hydrogens (tertiary/aromatic N) is 1. The van der Waals surface area contributed by atoms with Crippen LogP contribution in [0.5, 0.6) is 0 Å². The van der Waals surface area contributed by atoms with E-state index in [2.05, 4.69) is 4.90 Å². The molecule has 1 N–H and O–H groups in total. The molecule has 14 heavy (non-hydrogen) atoms. The zero-order chi connectivity index (χ0) is 9.52. The van der Waals surface area contributed by atoms with E-state index < -0.39 is 5.97 Å². The van der Waals surface area contributed by atoms with Gasteiger partial charge in [0.1, 0.15) is 0 Å². The first-order valence-corrected chi connectivity index (χ1v) is 5.23. The lowest BCUT2D eigenvalue weighted by Gasteiger charge is -2.13. The Labute approximate surface area is 91.9 Å². The lowest BCUT2D eigenvalue weighted by Crippen LogP contribution is -2.20. The van der Waals surface area contributed by atoms with Gasteiger partial charge in [0.15, 0.2) is 0 Å². The maximum absolute atomic E-state index is 10.2. The van der Waals surface area contributed by atoms with Gasteiger partial charge in [0, 0.05) is 6.42 Å². The van der Waals surface area contributed by atoms with Gasteiger partial charge in [0.2, 0.25) is 0 Å². The van der Waals surface area contributed by atoms with E-state index in [4.69, 9.17) is 5.11 Å². The summed E-state index contributed by atoms with van der Waals surface area (Å²) in [6, 6.07) is 0. The molecule has 1 heterocycles. The first-order valence-electron chi connectivity index (χ1n) is 5.23. The molecule has 1 saturated heterocycles. The normalized spacial score (nSPS) is 16.6. The van der Waals surface area contributed by atoms with Crippen molar-refractivity contribution in [3.8, 4) is 0 Å². The largest absolute Gasteiger partial charge is 0.481 e. The van der Waals surface area contributed by atoms with Gasteiger partial charge < -0.3 is 10.0 Å². The molecule has 0 aliphatic carbocycles. The van der Waals surface area contributed by atoms with Gasteiger partial charge in [0.05, 0.1) is 0 Å². The first-order chi connectivity index (χ1) is 6.29. The van der Waals surface area contributed by atoms with Crippen molar-refractivity contribution in [3.63, 3.8) is 0 Å². The Morgan fingerprint density at radius 1 is 1.14 bits per heavy atom. The molecule has 0 bridgehead atoms. The summed E-state index contributed by atoms with van der Waals surface area (Å²) in [4.78, 5) is 12.7. The molecule has 4 heteroatoms. The Morgan fingerprint density at radius 3 is 2.36 bits per heavy atom. The summed E-state index contributed by atoms with van der Waals surface area (Å²) < 4.78 is 0. The van der Waals surface area contributed by atoms with Crippen LogP contribution in [0.1, 0.15) is 38.5 Å². The molecule has 1 fully saturated rings. The van der Waals surface area contributed by atoms with E-state index in [9.17, 15) is 4.79 Å². The molecule has 0 aromatic rings. The summed E-state index contributed by atoms with van der Waals surface area (Å²) in [7, 11) is 0. The van der Waals surface area contributed by atoms with E-state index in [1.807, 2.05) is 0 Å². The maximum Gasteiger partial charge on any atom is 0.303 e. The molecule has 0 unspecified atom stereocenters. The van der Waals surface area contributed by atoms with Gasteiger partial charge in [0.25, 0.3) is 0 Å². The van der Waals surface area contributed by atoms with E-state index in [-0.39, 0.29) is 12.4 Å². The molecule has 0 aromatic heterocycles. The summed E-state index contributed by atoms with van der Waals surface area (Å²) in [6.07, 6.45) is 6.07. The minimum atomic E-state index is -0.666. The average molecular weight is 222 g/mol. The monoisotopic (exact) mass is 221 g/mol. The molecule has 0 amide bonds. The molecule has 0 saturated carbocycles. The molecule has 1 aliphatic rings. The van der Waals surface area contributed by atoms with Crippen LogP contribution < -0.4 is 0 Å². The van der Waals surface area contributed by atoms with Crippen LogP contribution in [-0.2, 0) is 4.79 Å². The molecule has 3 nitrogen and oxygen atoms in total. The summed E-state index contributed by atoms with van der Waals surface area (Å²) in [5.74, 6) is -0.666. The van der Waals surface area contributed by atoms with Crippen LogP contribution in [0.2, 0.25) is 0 Å². The molecule has 84 valence electrons. The second-order valence-electron chi connectivity index (χ2n) is 3.75.